The zero-order valence-electron chi connectivity index (χ0n) is 12.8. The molecule has 0 bridgehead atoms. The molecule has 0 spiro atoms. The zero-order valence-corrected chi connectivity index (χ0v) is 12.8. The first-order chi connectivity index (χ1) is 10.2. The van der Waals surface area contributed by atoms with E-state index < -0.39 is 0 Å². The molecule has 1 fully saturated rings. The van der Waals surface area contributed by atoms with Crippen LogP contribution in [-0.4, -0.2) is 65.1 Å². The lowest BCUT2D eigenvalue weighted by Crippen LogP contribution is -2.44. The minimum Gasteiger partial charge on any atom is -0.382 e. The Labute approximate surface area is 125 Å². The molecule has 1 saturated heterocycles. The van der Waals surface area contributed by atoms with Gasteiger partial charge in [-0.15, -0.1) is 0 Å². The van der Waals surface area contributed by atoms with Gasteiger partial charge in [0.15, 0.2) is 0 Å². The molecular formula is C14H24N4O3. The first kappa shape index (κ1) is 15.9. The van der Waals surface area contributed by atoms with Crippen molar-refractivity contribution >= 4 is 5.91 Å². The van der Waals surface area contributed by atoms with Gasteiger partial charge in [0.2, 0.25) is 5.91 Å². The zero-order chi connectivity index (χ0) is 15.1. The molecule has 0 saturated carbocycles. The second kappa shape index (κ2) is 8.09. The lowest BCUT2D eigenvalue weighted by Gasteiger charge is -2.33. The fourth-order valence-corrected chi connectivity index (χ4v) is 2.54. The van der Waals surface area contributed by atoms with Gasteiger partial charge in [0.25, 0.3) is 0 Å². The van der Waals surface area contributed by atoms with E-state index in [1.165, 1.54) is 6.33 Å². The average Bonchev–Trinajstić information content (AvgIpc) is 3.00. The van der Waals surface area contributed by atoms with E-state index in [-0.39, 0.29) is 17.9 Å². The van der Waals surface area contributed by atoms with E-state index in [0.717, 1.165) is 25.9 Å². The fourth-order valence-electron chi connectivity index (χ4n) is 2.54. The van der Waals surface area contributed by atoms with Crippen LogP contribution in [0.3, 0.4) is 0 Å². The van der Waals surface area contributed by atoms with Crippen molar-refractivity contribution in [2.24, 2.45) is 5.92 Å². The molecule has 0 N–H and O–H groups in total. The molecule has 0 radical (unpaired) electrons. The lowest BCUT2D eigenvalue weighted by atomic mass is 10.0. The highest BCUT2D eigenvalue weighted by Gasteiger charge is 2.26. The van der Waals surface area contributed by atoms with E-state index >= 15 is 0 Å². The van der Waals surface area contributed by atoms with E-state index in [1.807, 2.05) is 11.8 Å². The smallest absolute Gasteiger partial charge is 0.227 e. The van der Waals surface area contributed by atoms with Crippen LogP contribution < -0.4 is 0 Å². The molecule has 1 amide bonds. The van der Waals surface area contributed by atoms with Gasteiger partial charge in [0.1, 0.15) is 12.7 Å². The van der Waals surface area contributed by atoms with E-state index in [2.05, 4.69) is 10.1 Å². The fraction of sp³-hybridized carbons (Fsp3) is 0.786. The van der Waals surface area contributed by atoms with Gasteiger partial charge in [-0.1, -0.05) is 6.92 Å². The number of piperidine rings is 1. The number of amides is 1. The van der Waals surface area contributed by atoms with Gasteiger partial charge in [-0.3, -0.25) is 9.48 Å². The summed E-state index contributed by atoms with van der Waals surface area (Å²) in [5.74, 6) is 0.0958. The predicted molar refractivity (Wildman–Crippen MR) is 76.6 cm³/mol. The van der Waals surface area contributed by atoms with Crippen LogP contribution in [0.2, 0.25) is 0 Å². The van der Waals surface area contributed by atoms with Crippen LogP contribution in [0, 0.1) is 5.92 Å². The predicted octanol–water partition coefficient (Wildman–Crippen LogP) is 0.568. The minimum atomic E-state index is -0.0855. The number of aromatic nitrogens is 3. The normalized spacial score (nSPS) is 17.9. The van der Waals surface area contributed by atoms with Gasteiger partial charge >= 0.3 is 0 Å². The van der Waals surface area contributed by atoms with Crippen molar-refractivity contribution in [2.75, 3.05) is 33.4 Å². The first-order valence-corrected chi connectivity index (χ1v) is 7.42. The van der Waals surface area contributed by atoms with Crippen LogP contribution in [-0.2, 0) is 20.8 Å². The number of nitrogens with zero attached hydrogens (tertiary/aromatic N) is 4. The minimum absolute atomic E-state index is 0.0855. The van der Waals surface area contributed by atoms with Crippen LogP contribution in [0.4, 0.5) is 0 Å². The first-order valence-electron chi connectivity index (χ1n) is 7.42. The van der Waals surface area contributed by atoms with Gasteiger partial charge in [0, 0.05) is 20.2 Å². The summed E-state index contributed by atoms with van der Waals surface area (Å²) in [6, 6.07) is 0. The third-order valence-corrected chi connectivity index (χ3v) is 3.74. The molecule has 21 heavy (non-hydrogen) atoms. The summed E-state index contributed by atoms with van der Waals surface area (Å²) in [5, 5.41) is 4.04. The monoisotopic (exact) mass is 296 g/mol. The molecule has 1 aliphatic heterocycles. The Morgan fingerprint density at radius 1 is 1.38 bits per heavy atom. The molecule has 0 aromatic carbocycles. The Morgan fingerprint density at radius 3 is 2.76 bits per heavy atom. The number of methoxy groups -OCH3 is 1. The molecule has 2 heterocycles. The average molecular weight is 296 g/mol. The van der Waals surface area contributed by atoms with Crippen LogP contribution >= 0.6 is 0 Å². The molecule has 1 aliphatic rings. The summed E-state index contributed by atoms with van der Waals surface area (Å²) < 4.78 is 12.4. The number of hydrogen-bond acceptors (Lipinski definition) is 5. The highest BCUT2D eigenvalue weighted by Crippen LogP contribution is 2.16. The third-order valence-electron chi connectivity index (χ3n) is 3.74. The molecule has 1 unspecified atom stereocenters. The topological polar surface area (TPSA) is 69.5 Å². The van der Waals surface area contributed by atoms with Crippen molar-refractivity contribution in [3.8, 4) is 0 Å². The molecule has 118 valence electrons. The number of carbonyl (C=O) groups is 1. The SMILES string of the molecule is COCCOC1CCN(C(=O)C(C)Cn2cncn2)CC1. The maximum absolute atomic E-state index is 12.4. The number of hydrogen-bond donors (Lipinski definition) is 0. The summed E-state index contributed by atoms with van der Waals surface area (Å²) in [5.41, 5.74) is 0. The number of ether oxygens (including phenoxy) is 2. The summed E-state index contributed by atoms with van der Waals surface area (Å²) >= 11 is 0. The van der Waals surface area contributed by atoms with Gasteiger partial charge in [0.05, 0.1) is 31.8 Å². The van der Waals surface area contributed by atoms with E-state index in [9.17, 15) is 4.79 Å². The number of rotatable bonds is 7. The van der Waals surface area contributed by atoms with Crippen LogP contribution in [0.1, 0.15) is 19.8 Å². The van der Waals surface area contributed by atoms with Crippen molar-refractivity contribution in [1.82, 2.24) is 19.7 Å². The Balaban J connectivity index is 1.72. The van der Waals surface area contributed by atoms with Crippen molar-refractivity contribution < 1.29 is 14.3 Å². The van der Waals surface area contributed by atoms with Gasteiger partial charge in [-0.2, -0.15) is 5.10 Å². The number of carbonyl (C=O) groups excluding carboxylic acids is 1. The summed E-state index contributed by atoms with van der Waals surface area (Å²) in [7, 11) is 1.67. The lowest BCUT2D eigenvalue weighted by molar-refractivity contribution is -0.138. The van der Waals surface area contributed by atoms with E-state index in [4.69, 9.17) is 9.47 Å². The molecule has 7 heteroatoms. The molecule has 1 aromatic heterocycles. The second-order valence-electron chi connectivity index (χ2n) is 5.41. The summed E-state index contributed by atoms with van der Waals surface area (Å²) in [4.78, 5) is 18.2. The quantitative estimate of drug-likeness (QED) is 0.688. The Bertz CT molecular complexity index is 416. The van der Waals surface area contributed by atoms with E-state index in [0.29, 0.717) is 19.8 Å². The molecule has 2 rings (SSSR count). The van der Waals surface area contributed by atoms with Gasteiger partial charge in [-0.25, -0.2) is 4.98 Å². The van der Waals surface area contributed by atoms with Crippen molar-refractivity contribution in [2.45, 2.75) is 32.4 Å². The standard InChI is InChI=1S/C14H24N4O3/c1-12(9-18-11-15-10-16-18)14(19)17-5-3-13(4-6-17)21-8-7-20-2/h10-13H,3-9H2,1-2H3. The van der Waals surface area contributed by atoms with Crippen molar-refractivity contribution in [3.05, 3.63) is 12.7 Å². The third kappa shape index (κ3) is 4.78. The molecular weight excluding hydrogens is 272 g/mol. The maximum Gasteiger partial charge on any atom is 0.227 e. The Kier molecular flexibility index (Phi) is 6.13. The second-order valence-corrected chi connectivity index (χ2v) is 5.41. The summed E-state index contributed by atoms with van der Waals surface area (Å²) in [6.07, 6.45) is 5.16. The maximum atomic E-state index is 12.4. The molecule has 0 aliphatic carbocycles. The van der Waals surface area contributed by atoms with Crippen molar-refractivity contribution in [3.63, 3.8) is 0 Å². The molecule has 1 aromatic rings. The van der Waals surface area contributed by atoms with Crippen LogP contribution in [0.25, 0.3) is 0 Å². The Morgan fingerprint density at radius 2 is 2.14 bits per heavy atom. The largest absolute Gasteiger partial charge is 0.382 e. The van der Waals surface area contributed by atoms with Gasteiger partial charge in [-0.05, 0) is 12.8 Å². The van der Waals surface area contributed by atoms with Crippen LogP contribution in [0.5, 0.6) is 0 Å². The molecule has 1 atom stereocenters. The number of likely N-dealkylation sites (tertiary alicyclic amines) is 1. The Hall–Kier alpha value is -1.47. The molecule has 7 nitrogen and oxygen atoms in total. The summed E-state index contributed by atoms with van der Waals surface area (Å²) in [6.45, 7) is 5.27. The van der Waals surface area contributed by atoms with Gasteiger partial charge < -0.3 is 14.4 Å². The van der Waals surface area contributed by atoms with Crippen LogP contribution in [0.15, 0.2) is 12.7 Å². The van der Waals surface area contributed by atoms with Crippen molar-refractivity contribution in [1.29, 1.82) is 0 Å². The highest BCUT2D eigenvalue weighted by atomic mass is 16.5. The highest BCUT2D eigenvalue weighted by molar-refractivity contribution is 5.78. The van der Waals surface area contributed by atoms with E-state index in [1.54, 1.807) is 18.1 Å².